The van der Waals surface area contributed by atoms with Gasteiger partial charge in [-0.05, 0) is 24.3 Å². The van der Waals surface area contributed by atoms with Crippen LogP contribution in [0.2, 0.25) is 10.0 Å². The second-order valence-electron chi connectivity index (χ2n) is 5.06. The summed E-state index contributed by atoms with van der Waals surface area (Å²) in [7, 11) is 1.60. The van der Waals surface area contributed by atoms with E-state index < -0.39 is 0 Å². The fourth-order valence-electron chi connectivity index (χ4n) is 2.46. The molecule has 0 aliphatic carbocycles. The van der Waals surface area contributed by atoms with Crippen LogP contribution in [0.3, 0.4) is 0 Å². The first kappa shape index (κ1) is 15.3. The minimum absolute atomic E-state index is 0.0597. The number of ether oxygens (including phenoxy) is 2. The van der Waals surface area contributed by atoms with E-state index in [-0.39, 0.29) is 6.04 Å². The summed E-state index contributed by atoms with van der Waals surface area (Å²) in [6, 6.07) is 9.25. The van der Waals surface area contributed by atoms with Gasteiger partial charge in [0.2, 0.25) is 0 Å². The standard InChI is InChI=1S/C16H16Cl2N2O2/c1-21-11-2-3-12(14(18)6-11)13-4-9(17)5-15-16(13)20-10(7-19)8-22-15/h2-6,10,20H,7-8,19H2,1H3/t10-/m0/s1. The van der Waals surface area contributed by atoms with Gasteiger partial charge in [0.15, 0.2) is 0 Å². The summed E-state index contributed by atoms with van der Waals surface area (Å²) in [5.74, 6) is 1.41. The van der Waals surface area contributed by atoms with Gasteiger partial charge in [-0.15, -0.1) is 0 Å². The SMILES string of the molecule is COc1ccc(-c2cc(Cl)cc3c2N[C@@H](CN)CO3)c(Cl)c1. The molecule has 0 bridgehead atoms. The zero-order chi connectivity index (χ0) is 15.7. The quantitative estimate of drug-likeness (QED) is 0.893. The smallest absolute Gasteiger partial charge is 0.144 e. The van der Waals surface area contributed by atoms with Gasteiger partial charge in [-0.1, -0.05) is 23.2 Å². The van der Waals surface area contributed by atoms with E-state index in [4.69, 9.17) is 38.4 Å². The average Bonchev–Trinajstić information content (AvgIpc) is 2.53. The van der Waals surface area contributed by atoms with Gasteiger partial charge in [-0.2, -0.15) is 0 Å². The molecule has 0 aromatic heterocycles. The Morgan fingerprint density at radius 2 is 2.09 bits per heavy atom. The highest BCUT2D eigenvalue weighted by atomic mass is 35.5. The van der Waals surface area contributed by atoms with Gasteiger partial charge in [-0.3, -0.25) is 0 Å². The van der Waals surface area contributed by atoms with Gasteiger partial charge >= 0.3 is 0 Å². The van der Waals surface area contributed by atoms with Crippen LogP contribution in [0.1, 0.15) is 0 Å². The first-order valence-electron chi connectivity index (χ1n) is 6.89. The molecule has 4 nitrogen and oxygen atoms in total. The van der Waals surface area contributed by atoms with Crippen LogP contribution >= 0.6 is 23.2 Å². The zero-order valence-electron chi connectivity index (χ0n) is 12.0. The van der Waals surface area contributed by atoms with Crippen molar-refractivity contribution in [2.24, 2.45) is 5.73 Å². The highest BCUT2D eigenvalue weighted by Crippen LogP contribution is 2.43. The lowest BCUT2D eigenvalue weighted by Crippen LogP contribution is -2.37. The number of anilines is 1. The first-order valence-corrected chi connectivity index (χ1v) is 7.65. The second-order valence-corrected chi connectivity index (χ2v) is 5.90. The van der Waals surface area contributed by atoms with Gasteiger partial charge in [0.25, 0.3) is 0 Å². The number of nitrogens with two attached hydrogens (primary N) is 1. The Kier molecular flexibility index (Phi) is 4.34. The molecule has 0 unspecified atom stereocenters. The van der Waals surface area contributed by atoms with E-state index in [9.17, 15) is 0 Å². The highest BCUT2D eigenvalue weighted by Gasteiger charge is 2.23. The number of benzene rings is 2. The Morgan fingerprint density at radius 1 is 1.27 bits per heavy atom. The maximum Gasteiger partial charge on any atom is 0.144 e. The Morgan fingerprint density at radius 3 is 2.77 bits per heavy atom. The summed E-state index contributed by atoms with van der Waals surface area (Å²) < 4.78 is 10.9. The first-order chi connectivity index (χ1) is 10.6. The van der Waals surface area contributed by atoms with Crippen LogP contribution in [0, 0.1) is 0 Å². The van der Waals surface area contributed by atoms with E-state index in [1.54, 1.807) is 19.2 Å². The van der Waals surface area contributed by atoms with Crippen LogP contribution in [-0.2, 0) is 0 Å². The maximum atomic E-state index is 6.39. The summed E-state index contributed by atoms with van der Waals surface area (Å²) >= 11 is 12.6. The van der Waals surface area contributed by atoms with E-state index in [2.05, 4.69) is 5.32 Å². The number of nitrogens with one attached hydrogen (secondary N) is 1. The predicted octanol–water partition coefficient (Wildman–Crippen LogP) is 3.80. The summed E-state index contributed by atoms with van der Waals surface area (Å²) in [6.07, 6.45) is 0. The molecule has 3 rings (SSSR count). The van der Waals surface area contributed by atoms with E-state index in [1.165, 1.54) is 0 Å². The van der Waals surface area contributed by atoms with E-state index in [0.717, 1.165) is 16.8 Å². The fourth-order valence-corrected chi connectivity index (χ4v) is 2.94. The molecule has 116 valence electrons. The lowest BCUT2D eigenvalue weighted by atomic mass is 10.0. The summed E-state index contributed by atoms with van der Waals surface area (Å²) in [5, 5.41) is 4.57. The van der Waals surface area contributed by atoms with Crippen LogP contribution in [0.5, 0.6) is 11.5 Å². The third-order valence-corrected chi connectivity index (χ3v) is 4.14. The molecule has 3 N–H and O–H groups in total. The minimum atomic E-state index is 0.0597. The van der Waals surface area contributed by atoms with Crippen molar-refractivity contribution in [3.05, 3.63) is 40.4 Å². The largest absolute Gasteiger partial charge is 0.497 e. The Balaban J connectivity index is 2.13. The Labute approximate surface area is 139 Å². The van der Waals surface area contributed by atoms with E-state index in [1.807, 2.05) is 18.2 Å². The molecule has 0 amide bonds. The van der Waals surface area contributed by atoms with Gasteiger partial charge in [0, 0.05) is 28.8 Å². The third kappa shape index (κ3) is 2.82. The second kappa shape index (κ2) is 6.24. The van der Waals surface area contributed by atoms with Crippen LogP contribution in [0.15, 0.2) is 30.3 Å². The van der Waals surface area contributed by atoms with Crippen molar-refractivity contribution >= 4 is 28.9 Å². The van der Waals surface area contributed by atoms with Crippen molar-refractivity contribution < 1.29 is 9.47 Å². The molecule has 1 atom stereocenters. The highest BCUT2D eigenvalue weighted by molar-refractivity contribution is 6.34. The lowest BCUT2D eigenvalue weighted by Gasteiger charge is -2.29. The van der Waals surface area contributed by atoms with Gasteiger partial charge < -0.3 is 20.5 Å². The molecule has 0 saturated carbocycles. The average molecular weight is 339 g/mol. The fraction of sp³-hybridized carbons (Fsp3) is 0.250. The van der Waals surface area contributed by atoms with Crippen molar-refractivity contribution in [2.45, 2.75) is 6.04 Å². The molecule has 1 aliphatic rings. The normalized spacial score (nSPS) is 16.5. The number of rotatable bonds is 3. The van der Waals surface area contributed by atoms with Gasteiger partial charge in [0.1, 0.15) is 18.1 Å². The van der Waals surface area contributed by atoms with Gasteiger partial charge in [0.05, 0.1) is 23.9 Å². The predicted molar refractivity (Wildman–Crippen MR) is 90.4 cm³/mol. The van der Waals surface area contributed by atoms with Crippen LogP contribution in [0.4, 0.5) is 5.69 Å². The van der Waals surface area contributed by atoms with Crippen molar-refractivity contribution in [1.29, 1.82) is 0 Å². The lowest BCUT2D eigenvalue weighted by molar-refractivity contribution is 0.287. The van der Waals surface area contributed by atoms with E-state index >= 15 is 0 Å². The third-order valence-electron chi connectivity index (χ3n) is 3.61. The number of methoxy groups -OCH3 is 1. The van der Waals surface area contributed by atoms with Crippen molar-refractivity contribution in [3.63, 3.8) is 0 Å². The van der Waals surface area contributed by atoms with Crippen LogP contribution in [-0.4, -0.2) is 26.3 Å². The molecule has 2 aromatic rings. The molecule has 22 heavy (non-hydrogen) atoms. The molecule has 0 spiro atoms. The minimum Gasteiger partial charge on any atom is -0.497 e. The molecule has 6 heteroatoms. The zero-order valence-corrected chi connectivity index (χ0v) is 13.5. The molecular weight excluding hydrogens is 323 g/mol. The molecule has 1 heterocycles. The number of hydrogen-bond acceptors (Lipinski definition) is 4. The van der Waals surface area contributed by atoms with Crippen molar-refractivity contribution in [2.75, 3.05) is 25.6 Å². The topological polar surface area (TPSA) is 56.5 Å². The number of hydrogen-bond donors (Lipinski definition) is 2. The molecular formula is C16H16Cl2N2O2. The van der Waals surface area contributed by atoms with Crippen molar-refractivity contribution in [3.8, 4) is 22.6 Å². The maximum absolute atomic E-state index is 6.39. The van der Waals surface area contributed by atoms with E-state index in [0.29, 0.717) is 34.7 Å². The Bertz CT molecular complexity index is 707. The number of halogens is 2. The molecule has 1 aliphatic heterocycles. The monoisotopic (exact) mass is 338 g/mol. The summed E-state index contributed by atoms with van der Waals surface area (Å²) in [4.78, 5) is 0. The van der Waals surface area contributed by atoms with Crippen molar-refractivity contribution in [1.82, 2.24) is 0 Å². The molecule has 0 saturated heterocycles. The molecule has 0 fully saturated rings. The Hall–Kier alpha value is -1.62. The van der Waals surface area contributed by atoms with Crippen LogP contribution in [0.25, 0.3) is 11.1 Å². The van der Waals surface area contributed by atoms with Gasteiger partial charge in [-0.25, -0.2) is 0 Å². The number of fused-ring (bicyclic) bond motifs is 1. The molecule has 0 radical (unpaired) electrons. The molecule has 2 aromatic carbocycles. The van der Waals surface area contributed by atoms with Crippen LogP contribution < -0.4 is 20.5 Å². The summed E-state index contributed by atoms with van der Waals surface area (Å²) in [6.45, 7) is 0.997. The summed E-state index contributed by atoms with van der Waals surface area (Å²) in [5.41, 5.74) is 8.33.